The van der Waals surface area contributed by atoms with Crippen molar-refractivity contribution < 1.29 is 9.53 Å². The van der Waals surface area contributed by atoms with Gasteiger partial charge in [0.25, 0.3) is 0 Å². The number of ether oxygens (including phenoxy) is 1. The van der Waals surface area contributed by atoms with Crippen LogP contribution in [0.25, 0.3) is 16.6 Å². The molecule has 23 heavy (non-hydrogen) atoms. The highest BCUT2D eigenvalue weighted by Gasteiger charge is 2.29. The third-order valence-electron chi connectivity index (χ3n) is 3.85. The van der Waals surface area contributed by atoms with E-state index in [1.807, 2.05) is 39.0 Å². The van der Waals surface area contributed by atoms with E-state index in [0.29, 0.717) is 12.5 Å². The zero-order valence-corrected chi connectivity index (χ0v) is 14.1. The molecule has 0 radical (unpaired) electrons. The number of aromatic nitrogens is 2. The highest BCUT2D eigenvalue weighted by molar-refractivity contribution is 5.87. The Balaban J connectivity index is 1.95. The molecule has 122 valence electrons. The maximum absolute atomic E-state index is 12.6. The summed E-state index contributed by atoms with van der Waals surface area (Å²) in [6.45, 7) is 8.47. The van der Waals surface area contributed by atoms with Crippen molar-refractivity contribution in [1.29, 1.82) is 0 Å². The summed E-state index contributed by atoms with van der Waals surface area (Å²) in [7, 11) is 0. The van der Waals surface area contributed by atoms with Gasteiger partial charge in [-0.1, -0.05) is 25.1 Å². The van der Waals surface area contributed by atoms with Crippen molar-refractivity contribution in [2.45, 2.75) is 39.7 Å². The summed E-state index contributed by atoms with van der Waals surface area (Å²) >= 11 is 0. The van der Waals surface area contributed by atoms with Gasteiger partial charge in [-0.25, -0.2) is 4.79 Å². The molecule has 3 rings (SSSR count). The van der Waals surface area contributed by atoms with Crippen LogP contribution in [-0.4, -0.2) is 33.3 Å². The molecule has 5 heteroatoms. The van der Waals surface area contributed by atoms with Gasteiger partial charge in [0.15, 0.2) is 0 Å². The van der Waals surface area contributed by atoms with Crippen LogP contribution in [0.1, 0.15) is 39.7 Å². The smallest absolute Gasteiger partial charge is 0.414 e. The average molecular weight is 313 g/mol. The van der Waals surface area contributed by atoms with Crippen molar-refractivity contribution in [2.75, 3.05) is 6.54 Å². The molecule has 1 aromatic carbocycles. The number of nitrogens with zero attached hydrogens (tertiary/aromatic N) is 2. The SMILES string of the molecule is CC1CC=C(c2ccc3cn[nH]c3c2)N(C(=O)OC(C)(C)C)C1. The molecular formula is C18H23N3O2. The number of allylic oxidation sites excluding steroid dienone is 1. The fraction of sp³-hybridized carbons (Fsp3) is 0.444. The number of carbonyl (C=O) groups excluding carboxylic acids is 1. The predicted molar refractivity (Wildman–Crippen MR) is 90.8 cm³/mol. The second-order valence-electron chi connectivity index (χ2n) is 7.19. The fourth-order valence-electron chi connectivity index (χ4n) is 2.77. The molecule has 5 nitrogen and oxygen atoms in total. The van der Waals surface area contributed by atoms with E-state index in [-0.39, 0.29) is 6.09 Å². The van der Waals surface area contributed by atoms with Gasteiger partial charge >= 0.3 is 6.09 Å². The van der Waals surface area contributed by atoms with Crippen LogP contribution >= 0.6 is 0 Å². The molecule has 2 heterocycles. The molecule has 1 aliphatic heterocycles. The van der Waals surface area contributed by atoms with E-state index in [1.165, 1.54) is 0 Å². The number of amides is 1. The quantitative estimate of drug-likeness (QED) is 0.859. The third-order valence-corrected chi connectivity index (χ3v) is 3.85. The Bertz CT molecular complexity index is 755. The topological polar surface area (TPSA) is 58.2 Å². The number of aromatic amines is 1. The van der Waals surface area contributed by atoms with Crippen LogP contribution in [-0.2, 0) is 4.74 Å². The molecule has 2 aromatic rings. The van der Waals surface area contributed by atoms with Gasteiger partial charge in [-0.2, -0.15) is 5.10 Å². The predicted octanol–water partition coefficient (Wildman–Crippen LogP) is 4.18. The zero-order chi connectivity index (χ0) is 16.6. The van der Waals surface area contributed by atoms with Crippen LogP contribution in [0.4, 0.5) is 4.79 Å². The third kappa shape index (κ3) is 3.38. The Morgan fingerprint density at radius 3 is 2.91 bits per heavy atom. The molecule has 1 aromatic heterocycles. The van der Waals surface area contributed by atoms with Gasteiger partial charge in [0.2, 0.25) is 0 Å². The Labute approximate surface area is 136 Å². The number of rotatable bonds is 1. The molecule has 0 fully saturated rings. The lowest BCUT2D eigenvalue weighted by atomic mass is 9.98. The number of benzene rings is 1. The molecule has 1 aliphatic rings. The van der Waals surface area contributed by atoms with Gasteiger partial charge in [-0.05, 0) is 39.2 Å². The van der Waals surface area contributed by atoms with E-state index >= 15 is 0 Å². The molecule has 1 atom stereocenters. The number of hydrogen-bond donors (Lipinski definition) is 1. The van der Waals surface area contributed by atoms with Crippen LogP contribution < -0.4 is 0 Å². The maximum atomic E-state index is 12.6. The standard InChI is InChI=1S/C18H23N3O2/c1-12-5-8-16(21(11-12)17(22)23-18(2,3)4)13-6-7-14-10-19-20-15(14)9-13/h6-10,12H,5,11H2,1-4H3,(H,19,20). The lowest BCUT2D eigenvalue weighted by Gasteiger charge is -2.33. The summed E-state index contributed by atoms with van der Waals surface area (Å²) in [5.41, 5.74) is 2.37. The number of hydrogen-bond acceptors (Lipinski definition) is 3. The lowest BCUT2D eigenvalue weighted by molar-refractivity contribution is 0.0327. The largest absolute Gasteiger partial charge is 0.443 e. The van der Waals surface area contributed by atoms with Crippen LogP contribution in [0, 0.1) is 5.92 Å². The molecule has 1 N–H and O–H groups in total. The van der Waals surface area contributed by atoms with Crippen molar-refractivity contribution >= 4 is 22.7 Å². The number of fused-ring (bicyclic) bond motifs is 1. The molecular weight excluding hydrogens is 290 g/mol. The van der Waals surface area contributed by atoms with Crippen LogP contribution in [0.3, 0.4) is 0 Å². The fourth-order valence-corrected chi connectivity index (χ4v) is 2.77. The second kappa shape index (κ2) is 5.72. The van der Waals surface area contributed by atoms with Crippen molar-refractivity contribution in [3.63, 3.8) is 0 Å². The molecule has 0 bridgehead atoms. The first-order valence-corrected chi connectivity index (χ1v) is 7.98. The first-order valence-electron chi connectivity index (χ1n) is 7.98. The number of carbonyl (C=O) groups is 1. The van der Waals surface area contributed by atoms with Gasteiger partial charge in [-0.3, -0.25) is 10.00 Å². The molecule has 0 saturated carbocycles. The van der Waals surface area contributed by atoms with E-state index in [2.05, 4.69) is 23.2 Å². The summed E-state index contributed by atoms with van der Waals surface area (Å²) in [5.74, 6) is 0.419. The van der Waals surface area contributed by atoms with Gasteiger partial charge in [0, 0.05) is 17.5 Å². The van der Waals surface area contributed by atoms with Crippen LogP contribution in [0.5, 0.6) is 0 Å². The van der Waals surface area contributed by atoms with Gasteiger partial charge < -0.3 is 4.74 Å². The minimum atomic E-state index is -0.504. The summed E-state index contributed by atoms with van der Waals surface area (Å²) in [6, 6.07) is 6.07. The monoisotopic (exact) mass is 313 g/mol. The minimum Gasteiger partial charge on any atom is -0.443 e. The van der Waals surface area contributed by atoms with Crippen molar-refractivity contribution in [1.82, 2.24) is 15.1 Å². The molecule has 1 unspecified atom stereocenters. The average Bonchev–Trinajstić information content (AvgIpc) is 2.92. The first-order chi connectivity index (χ1) is 10.8. The number of nitrogens with one attached hydrogen (secondary N) is 1. The number of H-pyrrole nitrogens is 1. The summed E-state index contributed by atoms with van der Waals surface area (Å²) < 4.78 is 5.58. The van der Waals surface area contributed by atoms with Crippen molar-refractivity contribution in [3.05, 3.63) is 36.0 Å². The van der Waals surface area contributed by atoms with Gasteiger partial charge in [0.1, 0.15) is 5.60 Å². The lowest BCUT2D eigenvalue weighted by Crippen LogP contribution is -2.39. The summed E-state index contributed by atoms with van der Waals surface area (Å²) in [5, 5.41) is 8.09. The second-order valence-corrected chi connectivity index (χ2v) is 7.19. The van der Waals surface area contributed by atoms with E-state index in [1.54, 1.807) is 11.1 Å². The van der Waals surface area contributed by atoms with Crippen LogP contribution in [0.2, 0.25) is 0 Å². The minimum absolute atomic E-state index is 0.292. The van der Waals surface area contributed by atoms with E-state index < -0.39 is 5.60 Å². The normalized spacial score (nSPS) is 18.9. The van der Waals surface area contributed by atoms with E-state index in [4.69, 9.17) is 4.74 Å². The van der Waals surface area contributed by atoms with Gasteiger partial charge in [-0.15, -0.1) is 0 Å². The Morgan fingerprint density at radius 2 is 2.17 bits per heavy atom. The summed E-state index contributed by atoms with van der Waals surface area (Å²) in [4.78, 5) is 14.3. The highest BCUT2D eigenvalue weighted by atomic mass is 16.6. The first kappa shape index (κ1) is 15.6. The van der Waals surface area contributed by atoms with Crippen LogP contribution in [0.15, 0.2) is 30.5 Å². The Kier molecular flexibility index (Phi) is 3.88. The highest BCUT2D eigenvalue weighted by Crippen LogP contribution is 2.30. The molecule has 0 saturated heterocycles. The maximum Gasteiger partial charge on any atom is 0.414 e. The van der Waals surface area contributed by atoms with E-state index in [9.17, 15) is 4.79 Å². The Hall–Kier alpha value is -2.30. The molecule has 1 amide bonds. The van der Waals surface area contributed by atoms with Crippen molar-refractivity contribution in [3.8, 4) is 0 Å². The zero-order valence-electron chi connectivity index (χ0n) is 14.1. The van der Waals surface area contributed by atoms with Gasteiger partial charge in [0.05, 0.1) is 17.4 Å². The summed E-state index contributed by atoms with van der Waals surface area (Å²) in [6.07, 6.45) is 4.58. The van der Waals surface area contributed by atoms with E-state index in [0.717, 1.165) is 28.6 Å². The van der Waals surface area contributed by atoms with Crippen molar-refractivity contribution in [2.24, 2.45) is 5.92 Å². The molecule has 0 aliphatic carbocycles. The molecule has 0 spiro atoms. The Morgan fingerprint density at radius 1 is 1.39 bits per heavy atom.